The first-order valence-electron chi connectivity index (χ1n) is 8.64. The highest BCUT2D eigenvalue weighted by atomic mass is 15.2. The van der Waals surface area contributed by atoms with Crippen molar-refractivity contribution in [3.05, 3.63) is 35.4 Å². The Morgan fingerprint density at radius 3 is 2.48 bits per heavy atom. The molecule has 0 aromatic heterocycles. The predicted molar refractivity (Wildman–Crippen MR) is 91.6 cm³/mol. The minimum Gasteiger partial charge on any atom is -0.309 e. The van der Waals surface area contributed by atoms with E-state index in [1.807, 2.05) is 0 Å². The molecule has 0 amide bonds. The van der Waals surface area contributed by atoms with Crippen LogP contribution in [-0.4, -0.2) is 30.6 Å². The van der Waals surface area contributed by atoms with Crippen molar-refractivity contribution in [2.75, 3.05) is 19.6 Å². The smallest absolute Gasteiger partial charge is 0.0452 e. The summed E-state index contributed by atoms with van der Waals surface area (Å²) in [6.07, 6.45) is 3.97. The molecule has 0 bridgehead atoms. The van der Waals surface area contributed by atoms with Crippen molar-refractivity contribution in [2.45, 2.75) is 59.0 Å². The van der Waals surface area contributed by atoms with Crippen LogP contribution in [0.25, 0.3) is 0 Å². The van der Waals surface area contributed by atoms with Crippen LogP contribution in [0.2, 0.25) is 0 Å². The minimum atomic E-state index is 0.463. The summed E-state index contributed by atoms with van der Waals surface area (Å²) in [6, 6.07) is 10.1. The molecule has 0 radical (unpaired) electrons. The lowest BCUT2D eigenvalue weighted by Gasteiger charge is -2.30. The van der Waals surface area contributed by atoms with Gasteiger partial charge in [-0.05, 0) is 49.8 Å². The Kier molecular flexibility index (Phi) is 6.25. The maximum Gasteiger partial charge on any atom is 0.0452 e. The molecular formula is C19H32N2. The molecule has 0 heterocycles. The van der Waals surface area contributed by atoms with E-state index >= 15 is 0 Å². The van der Waals surface area contributed by atoms with Crippen molar-refractivity contribution in [1.29, 1.82) is 0 Å². The van der Waals surface area contributed by atoms with Crippen molar-refractivity contribution < 1.29 is 0 Å². The summed E-state index contributed by atoms with van der Waals surface area (Å²) in [4.78, 5) is 2.71. The zero-order valence-electron chi connectivity index (χ0n) is 14.2. The van der Waals surface area contributed by atoms with Crippen LogP contribution in [0.4, 0.5) is 0 Å². The molecule has 0 aliphatic heterocycles. The van der Waals surface area contributed by atoms with E-state index in [0.29, 0.717) is 6.04 Å². The Bertz CT molecular complexity index is 423. The summed E-state index contributed by atoms with van der Waals surface area (Å²) in [5.74, 6) is 0.745. The SMILES string of the molecule is CCCNC(CN(CC(C)C)C1CC1)c1ccccc1C. The Morgan fingerprint density at radius 1 is 1.19 bits per heavy atom. The molecule has 1 atom stereocenters. The zero-order chi connectivity index (χ0) is 15.2. The Morgan fingerprint density at radius 2 is 1.90 bits per heavy atom. The van der Waals surface area contributed by atoms with E-state index in [-0.39, 0.29) is 0 Å². The van der Waals surface area contributed by atoms with Crippen LogP contribution in [-0.2, 0) is 0 Å². The highest BCUT2D eigenvalue weighted by Gasteiger charge is 2.31. The van der Waals surface area contributed by atoms with Gasteiger partial charge in [-0.3, -0.25) is 4.90 Å². The van der Waals surface area contributed by atoms with Gasteiger partial charge in [0.2, 0.25) is 0 Å². The van der Waals surface area contributed by atoms with E-state index in [0.717, 1.165) is 25.0 Å². The van der Waals surface area contributed by atoms with Gasteiger partial charge in [0.1, 0.15) is 0 Å². The molecule has 21 heavy (non-hydrogen) atoms. The molecule has 0 spiro atoms. The molecule has 1 aliphatic rings. The Balaban J connectivity index is 2.09. The molecule has 1 N–H and O–H groups in total. The molecule has 1 unspecified atom stereocenters. The van der Waals surface area contributed by atoms with Crippen LogP contribution >= 0.6 is 0 Å². The first-order valence-corrected chi connectivity index (χ1v) is 8.64. The molecule has 2 heteroatoms. The van der Waals surface area contributed by atoms with Gasteiger partial charge in [-0.1, -0.05) is 45.0 Å². The third kappa shape index (κ3) is 5.12. The number of aryl methyl sites for hydroxylation is 1. The summed E-state index contributed by atoms with van der Waals surface area (Å²) < 4.78 is 0. The normalized spacial score (nSPS) is 16.7. The van der Waals surface area contributed by atoms with Crippen molar-refractivity contribution in [2.24, 2.45) is 5.92 Å². The molecular weight excluding hydrogens is 256 g/mol. The van der Waals surface area contributed by atoms with Gasteiger partial charge >= 0.3 is 0 Å². The summed E-state index contributed by atoms with van der Waals surface area (Å²) in [5, 5.41) is 3.77. The number of nitrogens with zero attached hydrogens (tertiary/aromatic N) is 1. The van der Waals surface area contributed by atoms with E-state index in [1.165, 1.54) is 36.9 Å². The average Bonchev–Trinajstić information content (AvgIpc) is 3.27. The third-order valence-corrected chi connectivity index (χ3v) is 4.28. The predicted octanol–water partition coefficient (Wildman–Crippen LogP) is 4.16. The Labute approximate surface area is 130 Å². The molecule has 2 rings (SSSR count). The molecule has 1 fully saturated rings. The van der Waals surface area contributed by atoms with E-state index in [9.17, 15) is 0 Å². The maximum absolute atomic E-state index is 3.77. The summed E-state index contributed by atoms with van der Waals surface area (Å²) in [6.45, 7) is 12.6. The van der Waals surface area contributed by atoms with Crippen LogP contribution in [0.5, 0.6) is 0 Å². The van der Waals surface area contributed by atoms with E-state index in [2.05, 4.69) is 62.2 Å². The number of benzene rings is 1. The lowest BCUT2D eigenvalue weighted by molar-refractivity contribution is 0.209. The maximum atomic E-state index is 3.77. The molecule has 1 aromatic carbocycles. The van der Waals surface area contributed by atoms with Crippen molar-refractivity contribution >= 4 is 0 Å². The molecule has 118 valence electrons. The van der Waals surface area contributed by atoms with E-state index in [1.54, 1.807) is 0 Å². The highest BCUT2D eigenvalue weighted by molar-refractivity contribution is 5.29. The Hall–Kier alpha value is -0.860. The van der Waals surface area contributed by atoms with Crippen LogP contribution in [0.15, 0.2) is 24.3 Å². The second kappa shape index (κ2) is 7.95. The second-order valence-corrected chi connectivity index (χ2v) is 6.94. The monoisotopic (exact) mass is 288 g/mol. The fraction of sp³-hybridized carbons (Fsp3) is 0.684. The van der Waals surface area contributed by atoms with E-state index < -0.39 is 0 Å². The lowest BCUT2D eigenvalue weighted by atomic mass is 10.00. The minimum absolute atomic E-state index is 0.463. The molecule has 1 aromatic rings. The summed E-state index contributed by atoms with van der Waals surface area (Å²) in [7, 11) is 0. The average molecular weight is 288 g/mol. The highest BCUT2D eigenvalue weighted by Crippen LogP contribution is 2.30. The van der Waals surface area contributed by atoms with Crippen LogP contribution in [0, 0.1) is 12.8 Å². The number of hydrogen-bond acceptors (Lipinski definition) is 2. The topological polar surface area (TPSA) is 15.3 Å². The third-order valence-electron chi connectivity index (χ3n) is 4.28. The van der Waals surface area contributed by atoms with Gasteiger partial charge in [0.15, 0.2) is 0 Å². The van der Waals surface area contributed by atoms with Gasteiger partial charge in [-0.25, -0.2) is 0 Å². The first-order chi connectivity index (χ1) is 10.1. The van der Waals surface area contributed by atoms with Crippen molar-refractivity contribution in [3.8, 4) is 0 Å². The van der Waals surface area contributed by atoms with Crippen LogP contribution < -0.4 is 5.32 Å². The second-order valence-electron chi connectivity index (χ2n) is 6.94. The van der Waals surface area contributed by atoms with Gasteiger partial charge in [0.05, 0.1) is 0 Å². The van der Waals surface area contributed by atoms with Crippen LogP contribution in [0.3, 0.4) is 0 Å². The molecule has 2 nitrogen and oxygen atoms in total. The molecule has 0 saturated heterocycles. The molecule has 1 aliphatic carbocycles. The van der Waals surface area contributed by atoms with Crippen molar-refractivity contribution in [3.63, 3.8) is 0 Å². The standard InChI is InChI=1S/C19H32N2/c1-5-12-20-19(18-9-7-6-8-16(18)4)14-21(13-15(2)3)17-10-11-17/h6-9,15,17,19-20H,5,10-14H2,1-4H3. The van der Waals surface area contributed by atoms with Gasteiger partial charge in [0, 0.05) is 25.2 Å². The molecule has 1 saturated carbocycles. The number of nitrogens with one attached hydrogen (secondary N) is 1. The van der Waals surface area contributed by atoms with Gasteiger partial charge in [-0.2, -0.15) is 0 Å². The largest absolute Gasteiger partial charge is 0.309 e. The quantitative estimate of drug-likeness (QED) is 0.734. The lowest BCUT2D eigenvalue weighted by Crippen LogP contribution is -2.39. The van der Waals surface area contributed by atoms with Gasteiger partial charge in [0.25, 0.3) is 0 Å². The van der Waals surface area contributed by atoms with E-state index in [4.69, 9.17) is 0 Å². The van der Waals surface area contributed by atoms with Crippen molar-refractivity contribution in [1.82, 2.24) is 10.2 Å². The van der Waals surface area contributed by atoms with Gasteiger partial charge < -0.3 is 5.32 Å². The fourth-order valence-electron chi connectivity index (χ4n) is 3.09. The van der Waals surface area contributed by atoms with Crippen LogP contribution in [0.1, 0.15) is 57.2 Å². The van der Waals surface area contributed by atoms with Gasteiger partial charge in [-0.15, -0.1) is 0 Å². The fourth-order valence-corrected chi connectivity index (χ4v) is 3.09. The summed E-state index contributed by atoms with van der Waals surface area (Å²) >= 11 is 0. The number of hydrogen-bond donors (Lipinski definition) is 1. The summed E-state index contributed by atoms with van der Waals surface area (Å²) in [5.41, 5.74) is 2.88. The number of rotatable bonds is 9. The zero-order valence-corrected chi connectivity index (χ0v) is 14.2. The first kappa shape index (κ1) is 16.5.